The van der Waals surface area contributed by atoms with Crippen LogP contribution in [0.2, 0.25) is 5.02 Å². The van der Waals surface area contributed by atoms with Crippen molar-refractivity contribution in [3.63, 3.8) is 0 Å². The molecule has 0 spiro atoms. The van der Waals surface area contributed by atoms with E-state index in [0.29, 0.717) is 0 Å². The van der Waals surface area contributed by atoms with Gasteiger partial charge < -0.3 is 0 Å². The molecule has 0 aliphatic rings. The van der Waals surface area contributed by atoms with Gasteiger partial charge in [0.2, 0.25) is 0 Å². The highest BCUT2D eigenvalue weighted by atomic mass is 127. The van der Waals surface area contributed by atoms with Crippen molar-refractivity contribution in [3.05, 3.63) is 31.8 Å². The smallest absolute Gasteiger partial charge is 0.142 e. The van der Waals surface area contributed by atoms with Crippen molar-refractivity contribution in [2.24, 2.45) is 0 Å². The van der Waals surface area contributed by atoms with Crippen LogP contribution in [0.4, 0.5) is 0 Å². The average Bonchev–Trinajstić information content (AvgIpc) is 2.71. The zero-order valence-electron chi connectivity index (χ0n) is 8.25. The van der Waals surface area contributed by atoms with Gasteiger partial charge in [-0.1, -0.05) is 29.0 Å². The molecule has 2 nitrogen and oxygen atoms in total. The Labute approximate surface area is 121 Å². The van der Waals surface area contributed by atoms with Gasteiger partial charge in [-0.2, -0.15) is 0 Å². The minimum absolute atomic E-state index is 0.106. The highest BCUT2D eigenvalue weighted by Crippen LogP contribution is 2.31. The summed E-state index contributed by atoms with van der Waals surface area (Å²) in [6, 6.07) is 5.84. The summed E-state index contributed by atoms with van der Waals surface area (Å²) in [6.07, 6.45) is 0. The summed E-state index contributed by atoms with van der Waals surface area (Å²) < 4.78 is 1.03. The lowest BCUT2D eigenvalue weighted by molar-refractivity contribution is 0.962. The number of rotatable bonds is 2. The molecule has 0 N–H and O–H groups in total. The van der Waals surface area contributed by atoms with E-state index < -0.39 is 0 Å². The molecule has 1 unspecified atom stereocenters. The van der Waals surface area contributed by atoms with Gasteiger partial charge in [-0.05, 0) is 41.6 Å². The summed E-state index contributed by atoms with van der Waals surface area (Å²) in [5, 5.41) is 10.4. The molecule has 2 aromatic rings. The Hall–Kier alpha value is 0.0900. The van der Waals surface area contributed by atoms with Gasteiger partial charge in [0.15, 0.2) is 0 Å². The Morgan fingerprint density at radius 2 is 2.12 bits per heavy atom. The third-order valence-corrected chi connectivity index (χ3v) is 5.01. The van der Waals surface area contributed by atoms with Crippen LogP contribution in [0.3, 0.4) is 0 Å². The third kappa shape index (κ3) is 2.67. The van der Waals surface area contributed by atoms with Crippen molar-refractivity contribution in [1.82, 2.24) is 10.2 Å². The lowest BCUT2D eigenvalue weighted by atomic mass is 10.2. The van der Waals surface area contributed by atoms with Crippen LogP contribution in [-0.2, 0) is 0 Å². The Kier molecular flexibility index (Phi) is 4.05. The minimum atomic E-state index is -0.106. The van der Waals surface area contributed by atoms with Gasteiger partial charge >= 0.3 is 0 Å². The molecule has 1 aromatic heterocycles. The van der Waals surface area contributed by atoms with Crippen molar-refractivity contribution in [2.45, 2.75) is 12.3 Å². The third-order valence-electron chi connectivity index (χ3n) is 1.95. The lowest BCUT2D eigenvalue weighted by Crippen LogP contribution is -1.81. The molecule has 0 fully saturated rings. The van der Waals surface area contributed by atoms with E-state index in [2.05, 4.69) is 32.8 Å². The highest BCUT2D eigenvalue weighted by molar-refractivity contribution is 14.1. The second-order valence-electron chi connectivity index (χ2n) is 3.19. The standard InChI is InChI=1S/C10H7Cl2IN2S/c1-5(11)9-14-15-10(16-9)6-2-3-8(13)7(12)4-6/h2-5H,1H3. The van der Waals surface area contributed by atoms with Crippen LogP contribution in [0, 0.1) is 3.57 Å². The van der Waals surface area contributed by atoms with Crippen molar-refractivity contribution in [1.29, 1.82) is 0 Å². The van der Waals surface area contributed by atoms with Crippen molar-refractivity contribution >= 4 is 57.1 Å². The highest BCUT2D eigenvalue weighted by Gasteiger charge is 2.11. The molecular formula is C10H7Cl2IN2S. The molecule has 1 atom stereocenters. The monoisotopic (exact) mass is 384 g/mol. The molecule has 0 aliphatic heterocycles. The average molecular weight is 385 g/mol. The fraction of sp³-hybridized carbons (Fsp3) is 0.200. The fourth-order valence-electron chi connectivity index (χ4n) is 1.14. The number of benzene rings is 1. The van der Waals surface area contributed by atoms with E-state index in [1.807, 2.05) is 25.1 Å². The number of nitrogens with zero attached hydrogens (tertiary/aromatic N) is 2. The van der Waals surface area contributed by atoms with Crippen LogP contribution >= 0.6 is 57.1 Å². The van der Waals surface area contributed by atoms with E-state index in [1.165, 1.54) is 11.3 Å². The van der Waals surface area contributed by atoms with Gasteiger partial charge in [0.25, 0.3) is 0 Å². The first-order chi connectivity index (χ1) is 7.58. The number of halogens is 3. The van der Waals surface area contributed by atoms with E-state index in [4.69, 9.17) is 23.2 Å². The molecule has 0 amide bonds. The summed E-state index contributed by atoms with van der Waals surface area (Å²) in [5.74, 6) is 0. The normalized spacial score (nSPS) is 12.8. The first-order valence-electron chi connectivity index (χ1n) is 4.51. The number of aromatic nitrogens is 2. The van der Waals surface area contributed by atoms with Crippen LogP contribution in [0.25, 0.3) is 10.6 Å². The largest absolute Gasteiger partial charge is 0.147 e. The van der Waals surface area contributed by atoms with Crippen LogP contribution < -0.4 is 0 Å². The molecule has 0 saturated heterocycles. The molecule has 1 heterocycles. The molecule has 0 radical (unpaired) electrons. The SMILES string of the molecule is CC(Cl)c1nnc(-c2ccc(I)c(Cl)c2)s1. The van der Waals surface area contributed by atoms with Crippen LogP contribution in [0.5, 0.6) is 0 Å². The molecule has 0 saturated carbocycles. The summed E-state index contributed by atoms with van der Waals surface area (Å²) in [7, 11) is 0. The summed E-state index contributed by atoms with van der Waals surface area (Å²) in [5.41, 5.74) is 0.978. The van der Waals surface area contributed by atoms with Gasteiger partial charge in [-0.3, -0.25) is 0 Å². The van der Waals surface area contributed by atoms with Gasteiger partial charge in [-0.15, -0.1) is 21.8 Å². The topological polar surface area (TPSA) is 25.8 Å². The second kappa shape index (κ2) is 5.16. The molecule has 84 valence electrons. The second-order valence-corrected chi connectivity index (χ2v) is 6.42. The summed E-state index contributed by atoms with van der Waals surface area (Å²) in [6.45, 7) is 1.88. The fourth-order valence-corrected chi connectivity index (χ4v) is 2.60. The van der Waals surface area contributed by atoms with Gasteiger partial charge in [0, 0.05) is 9.13 Å². The molecule has 6 heteroatoms. The number of hydrogen-bond donors (Lipinski definition) is 0. The Balaban J connectivity index is 2.39. The van der Waals surface area contributed by atoms with E-state index in [0.717, 1.165) is 24.2 Å². The van der Waals surface area contributed by atoms with Gasteiger partial charge in [0.1, 0.15) is 10.0 Å². The Bertz CT molecular complexity index is 513. The number of hydrogen-bond acceptors (Lipinski definition) is 3. The van der Waals surface area contributed by atoms with E-state index >= 15 is 0 Å². The predicted octanol–water partition coefficient (Wildman–Crippen LogP) is 4.76. The predicted molar refractivity (Wildman–Crippen MR) is 77.3 cm³/mol. The minimum Gasteiger partial charge on any atom is -0.142 e. The summed E-state index contributed by atoms with van der Waals surface area (Å²) >= 11 is 15.7. The maximum Gasteiger partial charge on any atom is 0.147 e. The molecule has 2 rings (SSSR count). The van der Waals surface area contributed by atoms with E-state index in [1.54, 1.807) is 0 Å². The van der Waals surface area contributed by atoms with Crippen LogP contribution in [0.1, 0.15) is 17.3 Å². The van der Waals surface area contributed by atoms with Gasteiger partial charge in [0.05, 0.1) is 10.4 Å². The Morgan fingerprint density at radius 3 is 2.69 bits per heavy atom. The lowest BCUT2D eigenvalue weighted by Gasteiger charge is -1.98. The zero-order chi connectivity index (χ0) is 11.7. The zero-order valence-corrected chi connectivity index (χ0v) is 12.7. The van der Waals surface area contributed by atoms with Gasteiger partial charge in [-0.25, -0.2) is 0 Å². The van der Waals surface area contributed by atoms with Crippen molar-refractivity contribution in [3.8, 4) is 10.6 Å². The molecule has 0 bridgehead atoms. The molecule has 1 aromatic carbocycles. The maximum absolute atomic E-state index is 6.06. The van der Waals surface area contributed by atoms with Crippen molar-refractivity contribution in [2.75, 3.05) is 0 Å². The number of alkyl halides is 1. The quantitative estimate of drug-likeness (QED) is 0.550. The van der Waals surface area contributed by atoms with Crippen LogP contribution in [-0.4, -0.2) is 10.2 Å². The Morgan fingerprint density at radius 1 is 1.38 bits per heavy atom. The molecular weight excluding hydrogens is 378 g/mol. The molecule has 0 aliphatic carbocycles. The van der Waals surface area contributed by atoms with E-state index in [9.17, 15) is 0 Å². The first kappa shape index (κ1) is 12.5. The van der Waals surface area contributed by atoms with Crippen molar-refractivity contribution < 1.29 is 0 Å². The van der Waals surface area contributed by atoms with E-state index in [-0.39, 0.29) is 5.38 Å². The molecule has 16 heavy (non-hydrogen) atoms. The maximum atomic E-state index is 6.06. The first-order valence-corrected chi connectivity index (χ1v) is 7.22. The summed E-state index contributed by atoms with van der Waals surface area (Å²) in [4.78, 5) is 0. The van der Waals surface area contributed by atoms with Crippen LogP contribution in [0.15, 0.2) is 18.2 Å².